The van der Waals surface area contributed by atoms with Crippen LogP contribution in [0.25, 0.3) is 0 Å². The molecule has 2 rings (SSSR count). The molecule has 1 heteroatoms. The van der Waals surface area contributed by atoms with Crippen molar-refractivity contribution in [2.24, 2.45) is 11.8 Å². The molecule has 0 heterocycles. The van der Waals surface area contributed by atoms with E-state index < -0.39 is 0 Å². The zero-order valence-electron chi connectivity index (χ0n) is 10.5. The van der Waals surface area contributed by atoms with Crippen LogP contribution in [0.4, 0.5) is 0 Å². The maximum absolute atomic E-state index is 4.18. The van der Waals surface area contributed by atoms with Gasteiger partial charge in [-0.25, -0.2) is 0 Å². The van der Waals surface area contributed by atoms with E-state index in [0.717, 1.165) is 5.57 Å². The molecule has 0 saturated carbocycles. The fraction of sp³-hybridized carbons (Fsp3) is 0.250. The van der Waals surface area contributed by atoms with Crippen molar-refractivity contribution >= 4 is 0 Å². The van der Waals surface area contributed by atoms with Crippen LogP contribution in [-0.2, 0) is 0 Å². The summed E-state index contributed by atoms with van der Waals surface area (Å²) in [5, 5.41) is 0. The average Bonchev–Trinajstić information content (AvgIpc) is 2.97. The molecule has 0 aromatic carbocycles. The zero-order chi connectivity index (χ0) is 12.3. The summed E-state index contributed by atoms with van der Waals surface area (Å²) in [7, 11) is 4.17. The van der Waals surface area contributed by atoms with Gasteiger partial charge in [0.05, 0.1) is 0 Å². The minimum absolute atomic E-state index is 0.360. The van der Waals surface area contributed by atoms with Gasteiger partial charge in [-0.15, -0.1) is 0 Å². The van der Waals surface area contributed by atoms with E-state index in [0.29, 0.717) is 11.8 Å². The fourth-order valence-electron chi connectivity index (χ4n) is 2.12. The Hall–Kier alpha value is -1.76. The highest BCUT2D eigenvalue weighted by Crippen LogP contribution is 2.26. The molecule has 17 heavy (non-hydrogen) atoms. The van der Waals surface area contributed by atoms with Crippen molar-refractivity contribution in [1.82, 2.24) is 4.90 Å². The van der Waals surface area contributed by atoms with Gasteiger partial charge in [0.1, 0.15) is 0 Å². The normalized spacial score (nSPS) is 19.5. The third kappa shape index (κ3) is 2.68. The van der Waals surface area contributed by atoms with Crippen molar-refractivity contribution in [2.45, 2.75) is 0 Å². The lowest BCUT2D eigenvalue weighted by atomic mass is 9.97. The Labute approximate surface area is 104 Å². The molecule has 0 saturated heterocycles. The molecule has 0 aromatic heterocycles. The van der Waals surface area contributed by atoms with Gasteiger partial charge in [-0.1, -0.05) is 55.2 Å². The summed E-state index contributed by atoms with van der Waals surface area (Å²) < 4.78 is 0. The van der Waals surface area contributed by atoms with Gasteiger partial charge in [-0.3, -0.25) is 0 Å². The second-order valence-corrected chi connectivity index (χ2v) is 4.63. The smallest absolute Gasteiger partial charge is 0.0355 e. The SMILES string of the molecule is C=C(C=C(C1C=CC=C1)N(C)C)C1C=CC=C1. The summed E-state index contributed by atoms with van der Waals surface area (Å²) >= 11 is 0. The zero-order valence-corrected chi connectivity index (χ0v) is 10.5. The van der Waals surface area contributed by atoms with Crippen molar-refractivity contribution in [1.29, 1.82) is 0 Å². The van der Waals surface area contributed by atoms with E-state index in [1.165, 1.54) is 5.70 Å². The lowest BCUT2D eigenvalue weighted by Gasteiger charge is -2.22. The van der Waals surface area contributed by atoms with Gasteiger partial charge in [-0.2, -0.15) is 0 Å². The topological polar surface area (TPSA) is 3.24 Å². The van der Waals surface area contributed by atoms with Gasteiger partial charge in [0, 0.05) is 31.6 Å². The van der Waals surface area contributed by atoms with Crippen molar-refractivity contribution in [2.75, 3.05) is 14.1 Å². The van der Waals surface area contributed by atoms with Crippen molar-refractivity contribution < 1.29 is 0 Å². The van der Waals surface area contributed by atoms with Gasteiger partial charge in [0.2, 0.25) is 0 Å². The van der Waals surface area contributed by atoms with Crippen LogP contribution in [0, 0.1) is 11.8 Å². The molecule has 0 radical (unpaired) electrons. The van der Waals surface area contributed by atoms with E-state index in [-0.39, 0.29) is 0 Å². The molecule has 1 nitrogen and oxygen atoms in total. The average molecular weight is 225 g/mol. The Morgan fingerprint density at radius 3 is 1.88 bits per heavy atom. The Morgan fingerprint density at radius 2 is 1.41 bits per heavy atom. The van der Waals surface area contributed by atoms with Gasteiger partial charge in [-0.05, 0) is 11.6 Å². The molecule has 0 aromatic rings. The summed E-state index contributed by atoms with van der Waals surface area (Å²) in [6, 6.07) is 0. The first-order valence-electron chi connectivity index (χ1n) is 5.96. The second-order valence-electron chi connectivity index (χ2n) is 4.63. The molecular formula is C16H19N. The summed E-state index contributed by atoms with van der Waals surface area (Å²) in [5.41, 5.74) is 2.43. The van der Waals surface area contributed by atoms with Crippen LogP contribution >= 0.6 is 0 Å². The molecule has 0 bridgehead atoms. The summed E-state index contributed by atoms with van der Waals surface area (Å²) in [5.74, 6) is 0.746. The highest BCUT2D eigenvalue weighted by molar-refractivity contribution is 5.38. The summed E-state index contributed by atoms with van der Waals surface area (Å²) in [4.78, 5) is 2.16. The third-order valence-corrected chi connectivity index (χ3v) is 3.12. The van der Waals surface area contributed by atoms with Crippen LogP contribution in [0.5, 0.6) is 0 Å². The second kappa shape index (κ2) is 5.05. The molecule has 0 fully saturated rings. The molecule has 88 valence electrons. The van der Waals surface area contributed by atoms with Crippen molar-refractivity contribution in [3.8, 4) is 0 Å². The summed E-state index contributed by atoms with van der Waals surface area (Å²) in [6.07, 6.45) is 19.3. The fourth-order valence-corrected chi connectivity index (χ4v) is 2.12. The number of allylic oxidation sites excluding steroid dienone is 9. The van der Waals surface area contributed by atoms with E-state index >= 15 is 0 Å². The predicted octanol–water partition coefficient (Wildman–Crippen LogP) is 3.47. The van der Waals surface area contributed by atoms with Crippen LogP contribution in [0.2, 0.25) is 0 Å². The number of rotatable bonds is 4. The largest absolute Gasteiger partial charge is 0.380 e. The van der Waals surface area contributed by atoms with Gasteiger partial charge < -0.3 is 4.90 Å². The minimum atomic E-state index is 0.360. The van der Waals surface area contributed by atoms with E-state index in [1.807, 2.05) is 0 Å². The summed E-state index contributed by atoms with van der Waals surface area (Å²) in [6.45, 7) is 4.18. The Bertz CT molecular complexity index is 420. The number of hydrogen-bond acceptors (Lipinski definition) is 1. The molecule has 0 amide bonds. The third-order valence-electron chi connectivity index (χ3n) is 3.12. The minimum Gasteiger partial charge on any atom is -0.380 e. The standard InChI is InChI=1S/C16H19N/c1-13(14-8-4-5-9-14)12-16(17(2)3)15-10-6-7-11-15/h4-12,14-15H,1H2,2-3H3. The maximum Gasteiger partial charge on any atom is 0.0355 e. The van der Waals surface area contributed by atoms with Crippen LogP contribution in [-0.4, -0.2) is 19.0 Å². The molecular weight excluding hydrogens is 206 g/mol. The Kier molecular flexibility index (Phi) is 3.48. The van der Waals surface area contributed by atoms with Gasteiger partial charge >= 0.3 is 0 Å². The first-order valence-corrected chi connectivity index (χ1v) is 5.96. The van der Waals surface area contributed by atoms with Crippen LogP contribution < -0.4 is 0 Å². The first kappa shape index (κ1) is 11.7. The monoisotopic (exact) mass is 225 g/mol. The molecule has 2 aliphatic rings. The molecule has 0 unspecified atom stereocenters. The molecule has 0 spiro atoms. The Balaban J connectivity index is 2.17. The van der Waals surface area contributed by atoms with Gasteiger partial charge in [0.25, 0.3) is 0 Å². The molecule has 0 atom stereocenters. The van der Waals surface area contributed by atoms with Crippen molar-refractivity contribution in [3.05, 3.63) is 72.5 Å². The van der Waals surface area contributed by atoms with Crippen LogP contribution in [0.3, 0.4) is 0 Å². The van der Waals surface area contributed by atoms with Crippen LogP contribution in [0.1, 0.15) is 0 Å². The number of nitrogens with zero attached hydrogens (tertiary/aromatic N) is 1. The highest BCUT2D eigenvalue weighted by atomic mass is 15.1. The molecule has 2 aliphatic carbocycles. The molecule has 0 N–H and O–H groups in total. The van der Waals surface area contributed by atoms with Crippen LogP contribution in [0.15, 0.2) is 72.5 Å². The lowest BCUT2D eigenvalue weighted by Crippen LogP contribution is -2.17. The van der Waals surface area contributed by atoms with Gasteiger partial charge in [0.15, 0.2) is 0 Å². The first-order chi connectivity index (χ1) is 8.18. The van der Waals surface area contributed by atoms with E-state index in [4.69, 9.17) is 0 Å². The maximum atomic E-state index is 4.18. The van der Waals surface area contributed by atoms with E-state index in [9.17, 15) is 0 Å². The predicted molar refractivity (Wildman–Crippen MR) is 74.5 cm³/mol. The molecule has 0 aliphatic heterocycles. The van der Waals surface area contributed by atoms with E-state index in [2.05, 4.69) is 80.3 Å². The quantitative estimate of drug-likeness (QED) is 0.662. The Morgan fingerprint density at radius 1 is 0.941 bits per heavy atom. The van der Waals surface area contributed by atoms with Crippen molar-refractivity contribution in [3.63, 3.8) is 0 Å². The highest BCUT2D eigenvalue weighted by Gasteiger charge is 2.14. The number of hydrogen-bond donors (Lipinski definition) is 0. The van der Waals surface area contributed by atoms with E-state index in [1.54, 1.807) is 0 Å². The lowest BCUT2D eigenvalue weighted by molar-refractivity contribution is 0.476.